The molecule has 4 rings (SSSR count). The third-order valence-electron chi connectivity index (χ3n) is 6.04. The van der Waals surface area contributed by atoms with E-state index in [-0.39, 0.29) is 5.91 Å². The van der Waals surface area contributed by atoms with Crippen LogP contribution < -0.4 is 15.1 Å². The first-order chi connectivity index (χ1) is 15.0. The van der Waals surface area contributed by atoms with Gasteiger partial charge in [-0.2, -0.15) is 0 Å². The molecule has 0 saturated carbocycles. The second-order valence-electron chi connectivity index (χ2n) is 7.98. The number of aliphatic carboxylic acids is 1. The average molecular weight is 440 g/mol. The number of benzene rings is 2. The summed E-state index contributed by atoms with van der Waals surface area (Å²) in [6.07, 6.45) is 4.57. The van der Waals surface area contributed by atoms with Crippen LogP contribution in [0, 0.1) is 11.8 Å². The number of carboxylic acid groups (broad SMARTS) is 1. The summed E-state index contributed by atoms with van der Waals surface area (Å²) >= 11 is 6.11. The molecule has 1 heterocycles. The molecule has 2 atom stereocenters. The summed E-state index contributed by atoms with van der Waals surface area (Å²) in [6, 6.07) is 15.7. The SMILES string of the molecule is O=C(O)[C@H]1CC=CC[C@H]1C(=O)Nc1ccc(N2CCN(c3cccc(Cl)c3)CC2)cc1. The third-order valence-corrected chi connectivity index (χ3v) is 6.27. The van der Waals surface area contributed by atoms with Crippen molar-refractivity contribution < 1.29 is 14.7 Å². The summed E-state index contributed by atoms with van der Waals surface area (Å²) in [5.41, 5.74) is 2.93. The molecule has 2 aromatic carbocycles. The number of nitrogens with one attached hydrogen (secondary N) is 1. The predicted molar refractivity (Wildman–Crippen MR) is 124 cm³/mol. The molecule has 0 unspecified atom stereocenters. The Balaban J connectivity index is 1.34. The van der Waals surface area contributed by atoms with E-state index in [1.807, 2.05) is 54.6 Å². The fourth-order valence-corrected chi connectivity index (χ4v) is 4.45. The Morgan fingerprint density at radius 3 is 2.10 bits per heavy atom. The summed E-state index contributed by atoms with van der Waals surface area (Å²) in [5.74, 6) is -2.36. The highest BCUT2D eigenvalue weighted by Crippen LogP contribution is 2.28. The molecule has 1 aliphatic carbocycles. The summed E-state index contributed by atoms with van der Waals surface area (Å²) in [7, 11) is 0. The highest BCUT2D eigenvalue weighted by molar-refractivity contribution is 6.30. The second kappa shape index (κ2) is 9.43. The minimum atomic E-state index is -0.920. The van der Waals surface area contributed by atoms with Gasteiger partial charge < -0.3 is 20.2 Å². The molecule has 2 aromatic rings. The van der Waals surface area contributed by atoms with Gasteiger partial charge in [-0.15, -0.1) is 0 Å². The molecule has 0 aromatic heterocycles. The van der Waals surface area contributed by atoms with E-state index >= 15 is 0 Å². The number of carboxylic acids is 1. The zero-order valence-corrected chi connectivity index (χ0v) is 18.0. The number of nitrogens with zero attached hydrogens (tertiary/aromatic N) is 2. The number of carbonyl (C=O) groups is 2. The lowest BCUT2D eigenvalue weighted by molar-refractivity contribution is -0.146. The molecule has 0 radical (unpaired) electrons. The van der Waals surface area contributed by atoms with Gasteiger partial charge in [0.05, 0.1) is 11.8 Å². The Hall–Kier alpha value is -2.99. The molecule has 1 saturated heterocycles. The lowest BCUT2D eigenvalue weighted by Gasteiger charge is -2.37. The summed E-state index contributed by atoms with van der Waals surface area (Å²) < 4.78 is 0. The van der Waals surface area contributed by atoms with Crippen molar-refractivity contribution >= 4 is 40.5 Å². The quantitative estimate of drug-likeness (QED) is 0.680. The van der Waals surface area contributed by atoms with Gasteiger partial charge in [-0.05, 0) is 55.3 Å². The van der Waals surface area contributed by atoms with Crippen molar-refractivity contribution in [3.8, 4) is 0 Å². The van der Waals surface area contributed by atoms with Gasteiger partial charge in [-0.25, -0.2) is 0 Å². The van der Waals surface area contributed by atoms with E-state index in [9.17, 15) is 14.7 Å². The smallest absolute Gasteiger partial charge is 0.307 e. The zero-order chi connectivity index (χ0) is 21.8. The van der Waals surface area contributed by atoms with E-state index in [4.69, 9.17) is 11.6 Å². The number of rotatable bonds is 5. The van der Waals surface area contributed by atoms with Gasteiger partial charge in [0, 0.05) is 48.3 Å². The molecule has 2 N–H and O–H groups in total. The minimum Gasteiger partial charge on any atom is -0.481 e. The van der Waals surface area contributed by atoms with Crippen LogP contribution in [0.1, 0.15) is 12.8 Å². The van der Waals surface area contributed by atoms with Crippen LogP contribution in [0.25, 0.3) is 0 Å². The normalized spacial score (nSPS) is 21.1. The average Bonchev–Trinajstić information content (AvgIpc) is 2.79. The van der Waals surface area contributed by atoms with Crippen LogP contribution in [0.2, 0.25) is 5.02 Å². The first kappa shape index (κ1) is 21.2. The van der Waals surface area contributed by atoms with E-state index in [1.165, 1.54) is 0 Å². The maximum absolute atomic E-state index is 12.6. The Morgan fingerprint density at radius 1 is 0.871 bits per heavy atom. The number of halogens is 1. The largest absolute Gasteiger partial charge is 0.481 e. The van der Waals surface area contributed by atoms with E-state index < -0.39 is 17.8 Å². The lowest BCUT2D eigenvalue weighted by atomic mass is 9.82. The molecule has 31 heavy (non-hydrogen) atoms. The fourth-order valence-electron chi connectivity index (χ4n) is 4.26. The van der Waals surface area contributed by atoms with Crippen LogP contribution in [0.5, 0.6) is 0 Å². The highest BCUT2D eigenvalue weighted by Gasteiger charge is 2.34. The van der Waals surface area contributed by atoms with Gasteiger partial charge in [-0.3, -0.25) is 9.59 Å². The van der Waals surface area contributed by atoms with Crippen LogP contribution in [0.4, 0.5) is 17.1 Å². The van der Waals surface area contributed by atoms with Crippen LogP contribution >= 0.6 is 11.6 Å². The first-order valence-electron chi connectivity index (χ1n) is 10.6. The topological polar surface area (TPSA) is 72.9 Å². The molecule has 1 amide bonds. The molecular formula is C24H26ClN3O3. The predicted octanol–water partition coefficient (Wildman–Crippen LogP) is 4.27. The molecule has 1 aliphatic heterocycles. The Labute approximate surface area is 187 Å². The molecule has 6 nitrogen and oxygen atoms in total. The third kappa shape index (κ3) is 5.02. The van der Waals surface area contributed by atoms with E-state index in [0.29, 0.717) is 18.5 Å². The second-order valence-corrected chi connectivity index (χ2v) is 8.42. The first-order valence-corrected chi connectivity index (χ1v) is 10.9. The fraction of sp³-hybridized carbons (Fsp3) is 0.333. The van der Waals surface area contributed by atoms with Crippen LogP contribution in [0.3, 0.4) is 0 Å². The minimum absolute atomic E-state index is 0.236. The number of anilines is 3. The number of hydrogen-bond acceptors (Lipinski definition) is 4. The number of hydrogen-bond donors (Lipinski definition) is 2. The molecule has 0 bridgehead atoms. The van der Waals surface area contributed by atoms with Crippen LogP contribution in [-0.2, 0) is 9.59 Å². The molecule has 162 valence electrons. The number of amides is 1. The van der Waals surface area contributed by atoms with E-state index in [1.54, 1.807) is 0 Å². The molecule has 2 aliphatic rings. The lowest BCUT2D eigenvalue weighted by Crippen LogP contribution is -2.46. The van der Waals surface area contributed by atoms with Crippen molar-refractivity contribution in [3.05, 3.63) is 65.7 Å². The van der Waals surface area contributed by atoms with Crippen molar-refractivity contribution in [2.24, 2.45) is 11.8 Å². The number of carbonyl (C=O) groups excluding carboxylic acids is 1. The molecular weight excluding hydrogens is 414 g/mol. The van der Waals surface area contributed by atoms with Crippen molar-refractivity contribution in [2.45, 2.75) is 12.8 Å². The number of allylic oxidation sites excluding steroid dienone is 2. The van der Waals surface area contributed by atoms with Gasteiger partial charge in [0.25, 0.3) is 0 Å². The van der Waals surface area contributed by atoms with Crippen molar-refractivity contribution in [2.75, 3.05) is 41.3 Å². The van der Waals surface area contributed by atoms with Gasteiger partial charge in [-0.1, -0.05) is 29.8 Å². The van der Waals surface area contributed by atoms with Crippen LogP contribution in [-0.4, -0.2) is 43.2 Å². The standard InChI is InChI=1S/C24H26ClN3O3/c25-17-4-3-5-20(16-17)28-14-12-27(13-15-28)19-10-8-18(9-11-19)26-23(29)21-6-1-2-7-22(21)24(30)31/h1-5,8-11,16,21-22H,6-7,12-15H2,(H,26,29)(H,30,31)/t21-,22+/m1/s1. The Kier molecular flexibility index (Phi) is 6.47. The monoisotopic (exact) mass is 439 g/mol. The van der Waals surface area contributed by atoms with Crippen molar-refractivity contribution in [3.63, 3.8) is 0 Å². The summed E-state index contributed by atoms with van der Waals surface area (Å²) in [6.45, 7) is 3.61. The van der Waals surface area contributed by atoms with Crippen LogP contribution in [0.15, 0.2) is 60.7 Å². The van der Waals surface area contributed by atoms with Crippen molar-refractivity contribution in [1.82, 2.24) is 0 Å². The molecule has 7 heteroatoms. The zero-order valence-electron chi connectivity index (χ0n) is 17.2. The summed E-state index contributed by atoms with van der Waals surface area (Å²) in [4.78, 5) is 28.7. The maximum atomic E-state index is 12.6. The van der Waals surface area contributed by atoms with E-state index in [0.717, 1.165) is 42.6 Å². The van der Waals surface area contributed by atoms with Crippen molar-refractivity contribution in [1.29, 1.82) is 0 Å². The number of piperazine rings is 1. The van der Waals surface area contributed by atoms with Gasteiger partial charge >= 0.3 is 5.97 Å². The maximum Gasteiger partial charge on any atom is 0.307 e. The Morgan fingerprint density at radius 2 is 1.48 bits per heavy atom. The van der Waals surface area contributed by atoms with Gasteiger partial charge in [0.15, 0.2) is 0 Å². The highest BCUT2D eigenvalue weighted by atomic mass is 35.5. The van der Waals surface area contributed by atoms with E-state index in [2.05, 4.69) is 21.2 Å². The molecule has 1 fully saturated rings. The van der Waals surface area contributed by atoms with Gasteiger partial charge in [0.1, 0.15) is 0 Å². The summed E-state index contributed by atoms with van der Waals surface area (Å²) in [5, 5.41) is 13.0. The molecule has 0 spiro atoms. The Bertz CT molecular complexity index is 968. The van der Waals surface area contributed by atoms with Gasteiger partial charge in [0.2, 0.25) is 5.91 Å².